The standard InChI is InChI=1S/C14H23N3O4.ClH/c18-13(11-10-20-9-3-15-11)16-4-6-17(7-5-16)14(19)12-2-1-8-21-12;/h11-12,15H,1-10H2;1H. The normalized spacial score (nSPS) is 29.1. The summed E-state index contributed by atoms with van der Waals surface area (Å²) in [6.45, 7) is 4.87. The van der Waals surface area contributed by atoms with Gasteiger partial charge in [-0.2, -0.15) is 0 Å². The molecule has 3 heterocycles. The Morgan fingerprint density at radius 2 is 1.68 bits per heavy atom. The summed E-state index contributed by atoms with van der Waals surface area (Å²) in [5, 5.41) is 3.18. The Labute approximate surface area is 136 Å². The van der Waals surface area contributed by atoms with E-state index in [9.17, 15) is 9.59 Å². The summed E-state index contributed by atoms with van der Waals surface area (Å²) in [5.41, 5.74) is 0. The number of hydrogen-bond donors (Lipinski definition) is 1. The SMILES string of the molecule is Cl.O=C(C1COCCN1)N1CCN(C(=O)C2CCCO2)CC1. The maximum absolute atomic E-state index is 12.3. The third-order valence-corrected chi connectivity index (χ3v) is 4.33. The van der Waals surface area contributed by atoms with Crippen molar-refractivity contribution in [2.24, 2.45) is 0 Å². The Kier molecular flexibility index (Phi) is 6.43. The third kappa shape index (κ3) is 3.90. The van der Waals surface area contributed by atoms with Crippen LogP contribution >= 0.6 is 12.4 Å². The predicted molar refractivity (Wildman–Crippen MR) is 82.0 cm³/mol. The average Bonchev–Trinajstić information content (AvgIpc) is 3.09. The van der Waals surface area contributed by atoms with Crippen LogP contribution in [0.2, 0.25) is 0 Å². The number of nitrogens with zero attached hydrogens (tertiary/aromatic N) is 2. The molecule has 7 nitrogen and oxygen atoms in total. The molecule has 0 aromatic heterocycles. The minimum atomic E-state index is -0.263. The van der Waals surface area contributed by atoms with Crippen molar-refractivity contribution in [3.05, 3.63) is 0 Å². The molecule has 3 aliphatic rings. The number of morpholine rings is 1. The van der Waals surface area contributed by atoms with E-state index in [-0.39, 0.29) is 36.4 Å². The summed E-state index contributed by atoms with van der Waals surface area (Å²) in [5.74, 6) is 0.164. The lowest BCUT2D eigenvalue weighted by Gasteiger charge is -2.37. The number of hydrogen-bond acceptors (Lipinski definition) is 5. The van der Waals surface area contributed by atoms with Gasteiger partial charge in [-0.1, -0.05) is 0 Å². The van der Waals surface area contributed by atoms with Gasteiger partial charge in [-0.05, 0) is 12.8 Å². The molecule has 3 saturated heterocycles. The largest absolute Gasteiger partial charge is 0.378 e. The molecule has 8 heteroatoms. The number of amides is 2. The Bertz CT molecular complexity index is 390. The van der Waals surface area contributed by atoms with Gasteiger partial charge in [-0.3, -0.25) is 9.59 Å². The second-order valence-electron chi connectivity index (χ2n) is 5.73. The van der Waals surface area contributed by atoms with E-state index in [1.807, 2.05) is 9.80 Å². The molecular formula is C14H24ClN3O4. The average molecular weight is 334 g/mol. The van der Waals surface area contributed by atoms with Crippen LogP contribution in [0.3, 0.4) is 0 Å². The van der Waals surface area contributed by atoms with E-state index < -0.39 is 0 Å². The van der Waals surface area contributed by atoms with Crippen LogP contribution in [0, 0.1) is 0 Å². The number of carbonyl (C=O) groups excluding carboxylic acids is 2. The van der Waals surface area contributed by atoms with Crippen molar-refractivity contribution >= 4 is 24.2 Å². The van der Waals surface area contributed by atoms with Gasteiger partial charge in [-0.25, -0.2) is 0 Å². The maximum atomic E-state index is 12.3. The van der Waals surface area contributed by atoms with Crippen molar-refractivity contribution in [1.29, 1.82) is 0 Å². The van der Waals surface area contributed by atoms with Crippen LogP contribution in [0.5, 0.6) is 0 Å². The summed E-state index contributed by atoms with van der Waals surface area (Å²) in [7, 11) is 0. The molecule has 3 aliphatic heterocycles. The van der Waals surface area contributed by atoms with Crippen LogP contribution in [0.4, 0.5) is 0 Å². The van der Waals surface area contributed by atoms with Gasteiger partial charge in [0.05, 0.1) is 13.2 Å². The highest BCUT2D eigenvalue weighted by atomic mass is 35.5. The summed E-state index contributed by atoms with van der Waals surface area (Å²) in [6.07, 6.45) is 1.52. The number of ether oxygens (including phenoxy) is 2. The molecule has 0 aromatic carbocycles. The highest BCUT2D eigenvalue weighted by molar-refractivity contribution is 5.85. The zero-order valence-electron chi connectivity index (χ0n) is 12.7. The summed E-state index contributed by atoms with van der Waals surface area (Å²) < 4.78 is 10.8. The van der Waals surface area contributed by atoms with Crippen LogP contribution < -0.4 is 5.32 Å². The maximum Gasteiger partial charge on any atom is 0.251 e. The molecule has 2 atom stereocenters. The molecule has 22 heavy (non-hydrogen) atoms. The summed E-state index contributed by atoms with van der Waals surface area (Å²) >= 11 is 0. The van der Waals surface area contributed by atoms with Crippen molar-refractivity contribution in [2.45, 2.75) is 25.0 Å². The minimum absolute atomic E-state index is 0. The van der Waals surface area contributed by atoms with Crippen LogP contribution in [-0.4, -0.2) is 86.3 Å². The Balaban J connectivity index is 0.00000176. The van der Waals surface area contributed by atoms with Gasteiger partial charge >= 0.3 is 0 Å². The smallest absolute Gasteiger partial charge is 0.251 e. The highest BCUT2D eigenvalue weighted by Crippen LogP contribution is 2.16. The molecular weight excluding hydrogens is 310 g/mol. The van der Waals surface area contributed by atoms with Gasteiger partial charge in [0.2, 0.25) is 5.91 Å². The number of carbonyl (C=O) groups is 2. The number of rotatable bonds is 2. The monoisotopic (exact) mass is 333 g/mol. The fourth-order valence-corrected chi connectivity index (χ4v) is 3.07. The van der Waals surface area contributed by atoms with Gasteiger partial charge in [0.25, 0.3) is 5.91 Å². The lowest BCUT2D eigenvalue weighted by Crippen LogP contribution is -2.58. The van der Waals surface area contributed by atoms with Crippen molar-refractivity contribution in [2.75, 3.05) is 52.5 Å². The zero-order chi connectivity index (χ0) is 14.7. The van der Waals surface area contributed by atoms with E-state index in [1.54, 1.807) is 0 Å². The van der Waals surface area contributed by atoms with Crippen LogP contribution in [0.1, 0.15) is 12.8 Å². The van der Waals surface area contributed by atoms with Gasteiger partial charge in [-0.15, -0.1) is 12.4 Å². The van der Waals surface area contributed by atoms with Crippen molar-refractivity contribution in [1.82, 2.24) is 15.1 Å². The van der Waals surface area contributed by atoms with E-state index in [4.69, 9.17) is 9.47 Å². The first-order valence-corrected chi connectivity index (χ1v) is 7.76. The van der Waals surface area contributed by atoms with E-state index in [2.05, 4.69) is 5.32 Å². The van der Waals surface area contributed by atoms with Gasteiger partial charge < -0.3 is 24.6 Å². The van der Waals surface area contributed by atoms with E-state index >= 15 is 0 Å². The molecule has 0 bridgehead atoms. The second kappa shape index (κ2) is 8.10. The van der Waals surface area contributed by atoms with E-state index in [0.29, 0.717) is 52.5 Å². The van der Waals surface area contributed by atoms with Crippen molar-refractivity contribution < 1.29 is 19.1 Å². The molecule has 0 aliphatic carbocycles. The molecule has 2 unspecified atom stereocenters. The van der Waals surface area contributed by atoms with Crippen LogP contribution in [0.25, 0.3) is 0 Å². The molecule has 1 N–H and O–H groups in total. The second-order valence-corrected chi connectivity index (χ2v) is 5.73. The molecule has 126 valence electrons. The first-order chi connectivity index (χ1) is 10.3. The summed E-state index contributed by atoms with van der Waals surface area (Å²) in [6, 6.07) is -0.237. The fraction of sp³-hybridized carbons (Fsp3) is 0.857. The van der Waals surface area contributed by atoms with E-state index in [1.165, 1.54) is 0 Å². The lowest BCUT2D eigenvalue weighted by atomic mass is 10.2. The number of nitrogens with one attached hydrogen (secondary N) is 1. The number of piperazine rings is 1. The van der Waals surface area contributed by atoms with Gasteiger partial charge in [0.1, 0.15) is 12.1 Å². The molecule has 0 radical (unpaired) electrons. The minimum Gasteiger partial charge on any atom is -0.378 e. The fourth-order valence-electron chi connectivity index (χ4n) is 3.07. The first kappa shape index (κ1) is 17.5. The predicted octanol–water partition coefficient (Wildman–Crippen LogP) is -0.754. The highest BCUT2D eigenvalue weighted by Gasteiger charge is 2.33. The molecule has 0 spiro atoms. The Hall–Kier alpha value is -0.890. The van der Waals surface area contributed by atoms with Crippen LogP contribution in [0.15, 0.2) is 0 Å². The Morgan fingerprint density at radius 3 is 2.23 bits per heavy atom. The Morgan fingerprint density at radius 1 is 1.00 bits per heavy atom. The quantitative estimate of drug-likeness (QED) is 0.720. The molecule has 3 rings (SSSR count). The van der Waals surface area contributed by atoms with Crippen molar-refractivity contribution in [3.8, 4) is 0 Å². The molecule has 0 saturated carbocycles. The topological polar surface area (TPSA) is 71.1 Å². The number of halogens is 1. The molecule has 0 aromatic rings. The van der Waals surface area contributed by atoms with Gasteiger partial charge in [0, 0.05) is 39.3 Å². The lowest BCUT2D eigenvalue weighted by molar-refractivity contribution is -0.147. The first-order valence-electron chi connectivity index (χ1n) is 7.76. The molecule has 2 amide bonds. The third-order valence-electron chi connectivity index (χ3n) is 4.33. The zero-order valence-corrected chi connectivity index (χ0v) is 13.5. The van der Waals surface area contributed by atoms with Crippen molar-refractivity contribution in [3.63, 3.8) is 0 Å². The van der Waals surface area contributed by atoms with Crippen LogP contribution in [-0.2, 0) is 19.1 Å². The molecule has 3 fully saturated rings. The van der Waals surface area contributed by atoms with E-state index in [0.717, 1.165) is 12.8 Å². The van der Waals surface area contributed by atoms with Gasteiger partial charge in [0.15, 0.2) is 0 Å². The summed E-state index contributed by atoms with van der Waals surface area (Å²) in [4.78, 5) is 28.2.